The molecule has 0 saturated carbocycles. The highest BCUT2D eigenvalue weighted by Crippen LogP contribution is 2.14. The van der Waals surface area contributed by atoms with Crippen LogP contribution in [-0.2, 0) is 4.74 Å². The number of aliphatic imine (C=N–C) groups is 1. The van der Waals surface area contributed by atoms with E-state index in [2.05, 4.69) is 44.8 Å². The Labute approximate surface area is 126 Å². The lowest BCUT2D eigenvalue weighted by Crippen LogP contribution is -2.23. The van der Waals surface area contributed by atoms with Gasteiger partial charge >= 0.3 is 0 Å². The molecule has 0 amide bonds. The first kappa shape index (κ1) is 19.1. The smallest absolute Gasteiger partial charge is 0.153 e. The van der Waals surface area contributed by atoms with Crippen LogP contribution in [0.25, 0.3) is 0 Å². The number of rotatable bonds is 9. The molecule has 0 N–H and O–H groups in total. The minimum atomic E-state index is -0.389. The minimum absolute atomic E-state index is 0.389. The van der Waals surface area contributed by atoms with Gasteiger partial charge in [0.25, 0.3) is 0 Å². The first-order valence-corrected chi connectivity index (χ1v) is 7.77. The Morgan fingerprint density at radius 2 is 1.70 bits per heavy atom. The summed E-state index contributed by atoms with van der Waals surface area (Å²) in [6, 6.07) is 0. The second kappa shape index (κ2) is 9.93. The summed E-state index contributed by atoms with van der Waals surface area (Å²) in [5, 5.41) is 0. The van der Waals surface area contributed by atoms with Crippen LogP contribution in [0.3, 0.4) is 0 Å². The average molecular weight is 279 g/mol. The monoisotopic (exact) mass is 279 g/mol. The molecule has 0 radical (unpaired) electrons. The lowest BCUT2D eigenvalue weighted by molar-refractivity contribution is -0.00262. The lowest BCUT2D eigenvalue weighted by atomic mass is 10.1. The second-order valence-corrected chi connectivity index (χ2v) is 5.95. The van der Waals surface area contributed by atoms with E-state index in [0.717, 1.165) is 25.7 Å². The van der Waals surface area contributed by atoms with Crippen molar-refractivity contribution in [3.8, 4) is 0 Å². The van der Waals surface area contributed by atoms with Gasteiger partial charge < -0.3 is 4.74 Å². The average Bonchev–Trinajstić information content (AvgIpc) is 2.35. The topological polar surface area (TPSA) is 21.6 Å². The Bertz CT molecular complexity index is 362. The number of allylic oxidation sites excluding steroid dienone is 4. The van der Waals surface area contributed by atoms with Crippen LogP contribution < -0.4 is 0 Å². The molecule has 0 aliphatic carbocycles. The van der Waals surface area contributed by atoms with Crippen molar-refractivity contribution in [2.24, 2.45) is 4.99 Å². The van der Waals surface area contributed by atoms with Gasteiger partial charge in [0.2, 0.25) is 0 Å². The molecule has 2 nitrogen and oxygen atoms in total. The summed E-state index contributed by atoms with van der Waals surface area (Å²) in [7, 11) is 0. The van der Waals surface area contributed by atoms with Gasteiger partial charge in [-0.05, 0) is 74.1 Å². The summed E-state index contributed by atoms with van der Waals surface area (Å²) in [5.74, 6) is 0. The van der Waals surface area contributed by atoms with E-state index in [0.29, 0.717) is 6.61 Å². The zero-order chi connectivity index (χ0) is 15.6. The Morgan fingerprint density at radius 1 is 1.05 bits per heavy atom. The number of ether oxygens (including phenoxy) is 1. The van der Waals surface area contributed by atoms with Gasteiger partial charge in [-0.15, -0.1) is 0 Å². The highest BCUT2D eigenvalue weighted by Gasteiger charge is 2.15. The molecule has 0 rings (SSSR count). The van der Waals surface area contributed by atoms with Crippen molar-refractivity contribution in [3.05, 3.63) is 23.3 Å². The third-order valence-electron chi connectivity index (χ3n) is 3.36. The van der Waals surface area contributed by atoms with E-state index in [1.807, 2.05) is 20.8 Å². The van der Waals surface area contributed by atoms with Crippen LogP contribution in [0.2, 0.25) is 0 Å². The molecule has 0 heterocycles. The van der Waals surface area contributed by atoms with Gasteiger partial charge in [-0.2, -0.15) is 0 Å². The van der Waals surface area contributed by atoms with Crippen LogP contribution in [0.1, 0.15) is 74.1 Å². The molecule has 0 spiro atoms. The Hall–Kier alpha value is -0.890. The Kier molecular flexibility index (Phi) is 9.49. The minimum Gasteiger partial charge on any atom is -0.355 e. The van der Waals surface area contributed by atoms with Crippen LogP contribution in [0.4, 0.5) is 0 Å². The number of nitrogens with zero attached hydrogens (tertiary/aromatic N) is 1. The molecule has 2 heteroatoms. The first-order chi connectivity index (χ1) is 9.30. The summed E-state index contributed by atoms with van der Waals surface area (Å²) in [6.07, 6.45) is 8.96. The number of hydrogen-bond acceptors (Lipinski definition) is 2. The molecule has 116 valence electrons. The van der Waals surface area contributed by atoms with E-state index >= 15 is 0 Å². The predicted octanol–water partition coefficient (Wildman–Crippen LogP) is 5.69. The molecular formula is C18H33NO. The molecule has 0 saturated heterocycles. The van der Waals surface area contributed by atoms with E-state index in [9.17, 15) is 0 Å². The maximum absolute atomic E-state index is 5.60. The van der Waals surface area contributed by atoms with Crippen LogP contribution in [0.5, 0.6) is 0 Å². The Morgan fingerprint density at radius 3 is 2.25 bits per heavy atom. The molecule has 0 bridgehead atoms. The predicted molar refractivity (Wildman–Crippen MR) is 90.5 cm³/mol. The van der Waals surface area contributed by atoms with Gasteiger partial charge in [0.15, 0.2) is 5.72 Å². The molecule has 0 unspecified atom stereocenters. The molecule has 0 aliphatic heterocycles. The summed E-state index contributed by atoms with van der Waals surface area (Å²) < 4.78 is 5.60. The molecule has 0 aromatic heterocycles. The first-order valence-electron chi connectivity index (χ1n) is 7.77. The van der Waals surface area contributed by atoms with Gasteiger partial charge in [0, 0.05) is 12.3 Å². The van der Waals surface area contributed by atoms with E-state index in [4.69, 9.17) is 4.74 Å². The maximum Gasteiger partial charge on any atom is 0.153 e. The molecule has 20 heavy (non-hydrogen) atoms. The third kappa shape index (κ3) is 9.96. The van der Waals surface area contributed by atoms with E-state index in [-0.39, 0.29) is 5.72 Å². The quantitative estimate of drug-likeness (QED) is 0.392. The van der Waals surface area contributed by atoms with Gasteiger partial charge in [-0.3, -0.25) is 4.99 Å². The molecule has 0 atom stereocenters. The van der Waals surface area contributed by atoms with E-state index in [1.54, 1.807) is 0 Å². The third-order valence-corrected chi connectivity index (χ3v) is 3.36. The van der Waals surface area contributed by atoms with Gasteiger partial charge in [0.05, 0.1) is 0 Å². The fourth-order valence-electron chi connectivity index (χ4n) is 2.07. The van der Waals surface area contributed by atoms with Crippen LogP contribution >= 0.6 is 0 Å². The van der Waals surface area contributed by atoms with Gasteiger partial charge in [0.1, 0.15) is 0 Å². The maximum atomic E-state index is 5.60. The Balaban J connectivity index is 4.20. The van der Waals surface area contributed by atoms with Crippen molar-refractivity contribution in [2.75, 3.05) is 6.61 Å². The van der Waals surface area contributed by atoms with Crippen molar-refractivity contribution < 1.29 is 4.74 Å². The van der Waals surface area contributed by atoms with Crippen LogP contribution in [0.15, 0.2) is 28.3 Å². The van der Waals surface area contributed by atoms with Gasteiger partial charge in [-0.25, -0.2) is 0 Å². The van der Waals surface area contributed by atoms with Crippen molar-refractivity contribution in [1.82, 2.24) is 0 Å². The molecule has 0 aromatic rings. The molecule has 0 fully saturated rings. The SMILES string of the molecule is C/C=C(\C)CC/C=C(\C)CC/C(C)=N/C(C)(C)OCC. The molecular weight excluding hydrogens is 246 g/mol. The normalized spacial score (nSPS) is 14.8. The summed E-state index contributed by atoms with van der Waals surface area (Å²) in [6.45, 7) is 15.3. The highest BCUT2D eigenvalue weighted by molar-refractivity contribution is 5.82. The van der Waals surface area contributed by atoms with Gasteiger partial charge in [-0.1, -0.05) is 23.3 Å². The highest BCUT2D eigenvalue weighted by atomic mass is 16.5. The lowest BCUT2D eigenvalue weighted by Gasteiger charge is -2.20. The molecule has 0 aliphatic rings. The summed E-state index contributed by atoms with van der Waals surface area (Å²) in [4.78, 5) is 4.65. The zero-order valence-corrected chi connectivity index (χ0v) is 14.5. The van der Waals surface area contributed by atoms with E-state index in [1.165, 1.54) is 16.9 Å². The van der Waals surface area contributed by atoms with E-state index < -0.39 is 0 Å². The fourth-order valence-corrected chi connectivity index (χ4v) is 2.07. The van der Waals surface area contributed by atoms with Crippen molar-refractivity contribution in [1.29, 1.82) is 0 Å². The van der Waals surface area contributed by atoms with Crippen LogP contribution in [-0.4, -0.2) is 18.0 Å². The summed E-state index contributed by atoms with van der Waals surface area (Å²) in [5.41, 5.74) is 3.70. The van der Waals surface area contributed by atoms with Crippen molar-refractivity contribution in [3.63, 3.8) is 0 Å². The zero-order valence-electron chi connectivity index (χ0n) is 14.5. The fraction of sp³-hybridized carbons (Fsp3) is 0.722. The number of hydrogen-bond donors (Lipinski definition) is 0. The molecule has 0 aromatic carbocycles. The largest absolute Gasteiger partial charge is 0.355 e. The van der Waals surface area contributed by atoms with Crippen LogP contribution in [0, 0.1) is 0 Å². The standard InChI is InChI=1S/C18H33NO/c1-8-15(3)11-10-12-16(4)13-14-17(5)19-18(6,7)20-9-2/h8,12H,9-11,13-14H2,1-7H3/b15-8+,16-12+,19-17+. The van der Waals surface area contributed by atoms with Crippen molar-refractivity contribution in [2.45, 2.75) is 79.9 Å². The summed E-state index contributed by atoms with van der Waals surface area (Å²) >= 11 is 0. The van der Waals surface area contributed by atoms with Crippen molar-refractivity contribution >= 4 is 5.71 Å². The second-order valence-electron chi connectivity index (χ2n) is 5.95.